The molecule has 2 rings (SSSR count). The van der Waals surface area contributed by atoms with Crippen LogP contribution in [-0.2, 0) is 4.74 Å². The summed E-state index contributed by atoms with van der Waals surface area (Å²) in [4.78, 5) is 11.1. The predicted molar refractivity (Wildman–Crippen MR) is 72.0 cm³/mol. The third-order valence-electron chi connectivity index (χ3n) is 2.72. The summed E-state index contributed by atoms with van der Waals surface area (Å²) in [5, 5.41) is 1.81. The van der Waals surface area contributed by atoms with Crippen molar-refractivity contribution in [2.45, 2.75) is 18.9 Å². The van der Waals surface area contributed by atoms with Gasteiger partial charge in [0, 0.05) is 0 Å². The van der Waals surface area contributed by atoms with E-state index in [2.05, 4.69) is 4.74 Å². The Kier molecular flexibility index (Phi) is 5.58. The minimum absolute atomic E-state index is 0. The van der Waals surface area contributed by atoms with Gasteiger partial charge >= 0.3 is 12.0 Å². The highest BCUT2D eigenvalue weighted by Gasteiger charge is 2.47. The van der Waals surface area contributed by atoms with Crippen molar-refractivity contribution in [1.29, 1.82) is 0 Å². The van der Waals surface area contributed by atoms with Crippen molar-refractivity contribution in [1.82, 2.24) is 5.32 Å². The van der Waals surface area contributed by atoms with Crippen molar-refractivity contribution in [3.8, 4) is 5.75 Å². The number of carbonyl (C=O) groups excluding carboxylic acids is 1. The molecular weight excluding hydrogens is 334 g/mol. The molecule has 1 aromatic rings. The van der Waals surface area contributed by atoms with Gasteiger partial charge in [-0.3, -0.25) is 0 Å². The minimum atomic E-state index is -3.36. The van der Waals surface area contributed by atoms with E-state index in [1.807, 2.05) is 5.32 Å². The number of ether oxygens (including phenoxy) is 2. The van der Waals surface area contributed by atoms with Crippen LogP contribution in [0.5, 0.6) is 5.75 Å². The molecule has 0 bridgehead atoms. The SMILES string of the molecule is CCOc1c(F)cc([C@H]2NC(=O)OCC2(F)F)cc1Cl.Cl. The molecule has 0 aliphatic carbocycles. The highest BCUT2D eigenvalue weighted by Crippen LogP contribution is 2.38. The molecule has 4 nitrogen and oxygen atoms in total. The molecule has 1 atom stereocenters. The number of cyclic esters (lactones) is 1. The van der Waals surface area contributed by atoms with Crippen LogP contribution in [0.15, 0.2) is 12.1 Å². The molecule has 1 amide bonds. The van der Waals surface area contributed by atoms with E-state index in [4.69, 9.17) is 16.3 Å². The van der Waals surface area contributed by atoms with Crippen molar-refractivity contribution < 1.29 is 27.4 Å². The zero-order valence-electron chi connectivity index (χ0n) is 10.8. The largest absolute Gasteiger partial charge is 0.489 e. The third-order valence-corrected chi connectivity index (χ3v) is 3.00. The Hall–Kier alpha value is -1.34. The maximum Gasteiger partial charge on any atom is 0.408 e. The van der Waals surface area contributed by atoms with Crippen molar-refractivity contribution >= 4 is 30.1 Å². The number of hydrogen-bond donors (Lipinski definition) is 1. The van der Waals surface area contributed by atoms with E-state index in [1.54, 1.807) is 6.92 Å². The fourth-order valence-corrected chi connectivity index (χ4v) is 2.14. The quantitative estimate of drug-likeness (QED) is 0.908. The molecule has 1 heterocycles. The van der Waals surface area contributed by atoms with E-state index < -0.39 is 30.5 Å². The number of benzene rings is 1. The number of amides is 1. The normalized spacial score (nSPS) is 20.0. The van der Waals surface area contributed by atoms with Crippen LogP contribution in [0.2, 0.25) is 5.02 Å². The lowest BCUT2D eigenvalue weighted by atomic mass is 10.00. The summed E-state index contributed by atoms with van der Waals surface area (Å²) in [6.45, 7) is 0.743. The smallest absolute Gasteiger partial charge is 0.408 e. The molecule has 1 fully saturated rings. The monoisotopic (exact) mass is 345 g/mol. The lowest BCUT2D eigenvalue weighted by Crippen LogP contribution is -2.49. The van der Waals surface area contributed by atoms with Gasteiger partial charge in [-0.05, 0) is 24.6 Å². The lowest BCUT2D eigenvalue weighted by Gasteiger charge is -2.32. The third kappa shape index (κ3) is 3.65. The van der Waals surface area contributed by atoms with Crippen molar-refractivity contribution in [2.24, 2.45) is 0 Å². The van der Waals surface area contributed by atoms with Crippen LogP contribution in [-0.4, -0.2) is 25.2 Å². The van der Waals surface area contributed by atoms with E-state index >= 15 is 0 Å². The van der Waals surface area contributed by atoms with Crippen molar-refractivity contribution in [3.63, 3.8) is 0 Å². The fraction of sp³-hybridized carbons (Fsp3) is 0.417. The Bertz CT molecular complexity index is 519. The number of rotatable bonds is 3. The number of alkyl halides is 2. The number of alkyl carbamates (subject to hydrolysis) is 1. The van der Waals surface area contributed by atoms with Gasteiger partial charge in [0.15, 0.2) is 18.2 Å². The number of hydrogen-bond acceptors (Lipinski definition) is 3. The number of halogens is 5. The Balaban J connectivity index is 0.00000220. The first-order valence-electron chi connectivity index (χ1n) is 5.78. The van der Waals surface area contributed by atoms with Gasteiger partial charge in [0.2, 0.25) is 0 Å². The van der Waals surface area contributed by atoms with Crippen molar-refractivity contribution in [2.75, 3.05) is 13.2 Å². The van der Waals surface area contributed by atoms with Crippen LogP contribution < -0.4 is 10.1 Å². The minimum Gasteiger partial charge on any atom is -0.489 e. The standard InChI is InChI=1S/C12H11ClF3NO3.ClH/c1-2-19-9-7(13)3-6(4-8(9)14)10-12(15,16)5-20-11(18)17-10;/h3-4,10H,2,5H2,1H3,(H,17,18);1H/t10-;/m1./s1. The van der Waals surface area contributed by atoms with Gasteiger partial charge in [-0.1, -0.05) is 11.6 Å². The molecule has 0 radical (unpaired) electrons. The van der Waals surface area contributed by atoms with Gasteiger partial charge in [0.05, 0.1) is 11.6 Å². The van der Waals surface area contributed by atoms with E-state index in [0.717, 1.165) is 12.1 Å². The molecule has 1 N–H and O–H groups in total. The van der Waals surface area contributed by atoms with Crippen LogP contribution in [0, 0.1) is 5.82 Å². The summed E-state index contributed by atoms with van der Waals surface area (Å²) in [5.74, 6) is -4.44. The number of nitrogens with one attached hydrogen (secondary N) is 1. The molecule has 0 unspecified atom stereocenters. The molecule has 21 heavy (non-hydrogen) atoms. The average molecular weight is 346 g/mol. The van der Waals surface area contributed by atoms with Gasteiger partial charge in [-0.25, -0.2) is 18.0 Å². The molecular formula is C12H12Cl2F3NO3. The van der Waals surface area contributed by atoms with E-state index in [9.17, 15) is 18.0 Å². The summed E-state index contributed by atoms with van der Waals surface area (Å²) in [7, 11) is 0. The van der Waals surface area contributed by atoms with Crippen LogP contribution in [0.3, 0.4) is 0 Å². The highest BCUT2D eigenvalue weighted by atomic mass is 35.5. The second-order valence-corrected chi connectivity index (χ2v) is 4.57. The Morgan fingerprint density at radius 1 is 1.52 bits per heavy atom. The van der Waals surface area contributed by atoms with Gasteiger partial charge in [-0.15, -0.1) is 12.4 Å². The first-order valence-corrected chi connectivity index (χ1v) is 6.16. The zero-order chi connectivity index (χ0) is 14.9. The molecule has 118 valence electrons. The molecule has 0 aromatic heterocycles. The molecule has 1 aliphatic heterocycles. The Morgan fingerprint density at radius 3 is 2.76 bits per heavy atom. The maximum absolute atomic E-state index is 13.8. The summed E-state index contributed by atoms with van der Waals surface area (Å²) in [5.41, 5.74) is -0.155. The number of carbonyl (C=O) groups is 1. The topological polar surface area (TPSA) is 47.6 Å². The van der Waals surface area contributed by atoms with Crippen molar-refractivity contribution in [3.05, 3.63) is 28.5 Å². The molecule has 1 aromatic carbocycles. The van der Waals surface area contributed by atoms with E-state index in [0.29, 0.717) is 0 Å². The van der Waals surface area contributed by atoms with Crippen LogP contribution in [0.1, 0.15) is 18.5 Å². The second kappa shape index (κ2) is 6.62. The predicted octanol–water partition coefficient (Wildman–Crippen LogP) is 3.72. The zero-order valence-corrected chi connectivity index (χ0v) is 12.4. The molecule has 0 spiro atoms. The lowest BCUT2D eigenvalue weighted by molar-refractivity contribution is -0.104. The van der Waals surface area contributed by atoms with Gasteiger partial charge in [-0.2, -0.15) is 0 Å². The van der Waals surface area contributed by atoms with E-state index in [1.165, 1.54) is 0 Å². The average Bonchev–Trinajstić information content (AvgIpc) is 2.36. The maximum atomic E-state index is 13.8. The first-order chi connectivity index (χ1) is 9.35. The highest BCUT2D eigenvalue weighted by molar-refractivity contribution is 6.32. The first kappa shape index (κ1) is 17.7. The Labute approximate surface area is 130 Å². The summed E-state index contributed by atoms with van der Waals surface area (Å²) < 4.78 is 50.4. The van der Waals surface area contributed by atoms with Crippen LogP contribution in [0.25, 0.3) is 0 Å². The molecule has 1 saturated heterocycles. The van der Waals surface area contributed by atoms with E-state index in [-0.39, 0.29) is 35.3 Å². The van der Waals surface area contributed by atoms with Gasteiger partial charge < -0.3 is 14.8 Å². The van der Waals surface area contributed by atoms with Gasteiger partial charge in [0.25, 0.3) is 0 Å². The van der Waals surface area contributed by atoms with Crippen LogP contribution in [0.4, 0.5) is 18.0 Å². The second-order valence-electron chi connectivity index (χ2n) is 4.16. The summed E-state index contributed by atoms with van der Waals surface area (Å²) in [6.07, 6.45) is -0.994. The van der Waals surface area contributed by atoms with Gasteiger partial charge in [0.1, 0.15) is 6.04 Å². The molecule has 0 saturated carbocycles. The molecule has 9 heteroatoms. The summed E-state index contributed by atoms with van der Waals surface area (Å²) >= 11 is 5.81. The van der Waals surface area contributed by atoms with Crippen LogP contribution >= 0.6 is 24.0 Å². The summed E-state index contributed by atoms with van der Waals surface area (Å²) in [6, 6.07) is 0.298. The molecule has 1 aliphatic rings. The Morgan fingerprint density at radius 2 is 2.19 bits per heavy atom. The fourth-order valence-electron chi connectivity index (χ4n) is 1.87.